The number of aromatic amines is 1. The van der Waals surface area contributed by atoms with E-state index < -0.39 is 5.82 Å². The Morgan fingerprint density at radius 1 is 1.33 bits per heavy atom. The number of benzene rings is 1. The van der Waals surface area contributed by atoms with Crippen molar-refractivity contribution in [2.45, 2.75) is 31.6 Å². The first-order valence-corrected chi connectivity index (χ1v) is 8.39. The van der Waals surface area contributed by atoms with Crippen LogP contribution in [0, 0.1) is 10.5 Å². The molecule has 1 aromatic carbocycles. The lowest BCUT2D eigenvalue weighted by atomic mass is 10.0. The van der Waals surface area contributed by atoms with E-state index >= 15 is 0 Å². The second kappa shape index (κ2) is 6.15. The number of hydrogen-bond donors (Lipinski definition) is 1. The van der Waals surface area contributed by atoms with Gasteiger partial charge in [0, 0.05) is 17.2 Å². The Hall–Kier alpha value is -0.780. The van der Waals surface area contributed by atoms with Crippen molar-refractivity contribution in [3.63, 3.8) is 0 Å². The van der Waals surface area contributed by atoms with Crippen molar-refractivity contribution < 1.29 is 4.39 Å². The molecule has 2 aromatic rings. The fourth-order valence-electron chi connectivity index (χ4n) is 2.75. The molecule has 1 saturated carbocycles. The van der Waals surface area contributed by atoms with Gasteiger partial charge in [-0.3, -0.25) is 0 Å². The molecule has 0 spiro atoms. The Labute approximate surface area is 140 Å². The van der Waals surface area contributed by atoms with E-state index in [-0.39, 0.29) is 5.02 Å². The third kappa shape index (κ3) is 3.05. The smallest absolute Gasteiger partial charge is 0.144 e. The molecule has 1 fully saturated rings. The highest BCUT2D eigenvalue weighted by molar-refractivity contribution is 9.10. The minimum atomic E-state index is -0.438. The fourth-order valence-corrected chi connectivity index (χ4v) is 3.65. The molecule has 1 N–H and O–H groups in total. The van der Waals surface area contributed by atoms with Gasteiger partial charge in [0.1, 0.15) is 16.3 Å². The van der Waals surface area contributed by atoms with E-state index in [0.717, 1.165) is 28.6 Å². The van der Waals surface area contributed by atoms with Gasteiger partial charge in [-0.2, -0.15) is 0 Å². The van der Waals surface area contributed by atoms with Crippen LogP contribution in [0.3, 0.4) is 0 Å². The lowest BCUT2D eigenvalue weighted by molar-refractivity contribution is 0.628. The molecule has 110 valence electrons. The van der Waals surface area contributed by atoms with Crippen LogP contribution in [0.4, 0.5) is 4.39 Å². The maximum Gasteiger partial charge on any atom is 0.144 e. The second-order valence-electron chi connectivity index (χ2n) is 5.23. The summed E-state index contributed by atoms with van der Waals surface area (Å²) in [4.78, 5) is 7.73. The van der Waals surface area contributed by atoms with E-state index in [9.17, 15) is 4.39 Å². The lowest BCUT2D eigenvalue weighted by Crippen LogP contribution is -2.02. The zero-order valence-electron chi connectivity index (χ0n) is 11.1. The molecule has 0 atom stereocenters. The van der Waals surface area contributed by atoms with Gasteiger partial charge in [0.15, 0.2) is 0 Å². The summed E-state index contributed by atoms with van der Waals surface area (Å²) < 4.78 is 14.7. The Morgan fingerprint density at radius 3 is 2.71 bits per heavy atom. The maximum absolute atomic E-state index is 13.3. The quantitative estimate of drug-likeness (QED) is 0.638. The maximum atomic E-state index is 13.3. The average molecular weight is 388 g/mol. The van der Waals surface area contributed by atoms with Crippen LogP contribution in [0.1, 0.15) is 37.3 Å². The van der Waals surface area contributed by atoms with E-state index in [0.29, 0.717) is 16.4 Å². The van der Waals surface area contributed by atoms with Crippen molar-refractivity contribution in [2.75, 3.05) is 0 Å². The number of hydrogen-bond acceptors (Lipinski definition) is 2. The van der Waals surface area contributed by atoms with Crippen molar-refractivity contribution >= 4 is 39.7 Å². The molecular formula is C15H13BrClFN2S. The van der Waals surface area contributed by atoms with Gasteiger partial charge in [-0.25, -0.2) is 9.37 Å². The molecule has 0 radical (unpaired) electrons. The second-order valence-corrected chi connectivity index (χ2v) is 6.82. The van der Waals surface area contributed by atoms with Crippen LogP contribution in [0.2, 0.25) is 5.02 Å². The molecule has 0 bridgehead atoms. The SMILES string of the molecule is Fc1ccc(-c2nc(=S)c(Br)c(C3CCCC3)[nH]2)cc1Cl. The number of nitrogens with one attached hydrogen (secondary N) is 1. The van der Waals surface area contributed by atoms with Crippen LogP contribution >= 0.6 is 39.7 Å². The highest BCUT2D eigenvalue weighted by atomic mass is 79.9. The summed E-state index contributed by atoms with van der Waals surface area (Å²) in [6, 6.07) is 4.56. The first-order valence-electron chi connectivity index (χ1n) is 6.81. The van der Waals surface area contributed by atoms with Gasteiger partial charge in [-0.05, 0) is 47.0 Å². The van der Waals surface area contributed by atoms with E-state index in [2.05, 4.69) is 25.9 Å². The molecule has 21 heavy (non-hydrogen) atoms. The first-order chi connectivity index (χ1) is 10.1. The topological polar surface area (TPSA) is 28.7 Å². The average Bonchev–Trinajstić information content (AvgIpc) is 2.98. The van der Waals surface area contributed by atoms with Crippen molar-refractivity contribution in [2.24, 2.45) is 0 Å². The minimum Gasteiger partial charge on any atom is -0.342 e. The number of rotatable bonds is 2. The van der Waals surface area contributed by atoms with Gasteiger partial charge in [-0.15, -0.1) is 0 Å². The Balaban J connectivity index is 2.10. The van der Waals surface area contributed by atoms with E-state index in [1.807, 2.05) is 0 Å². The zero-order chi connectivity index (χ0) is 15.0. The van der Waals surface area contributed by atoms with Crippen molar-refractivity contribution in [3.05, 3.63) is 43.8 Å². The number of aromatic nitrogens is 2. The molecule has 0 unspecified atom stereocenters. The molecule has 3 rings (SSSR count). The molecule has 0 saturated heterocycles. The summed E-state index contributed by atoms with van der Waals surface area (Å²) in [5, 5.41) is 0.0824. The summed E-state index contributed by atoms with van der Waals surface area (Å²) in [6.45, 7) is 0. The number of H-pyrrole nitrogens is 1. The highest BCUT2D eigenvalue weighted by Gasteiger charge is 2.22. The van der Waals surface area contributed by atoms with Crippen molar-refractivity contribution in [3.8, 4) is 11.4 Å². The monoisotopic (exact) mass is 386 g/mol. The molecule has 2 nitrogen and oxygen atoms in total. The predicted octanol–water partition coefficient (Wildman–Crippen LogP) is 6.02. The van der Waals surface area contributed by atoms with E-state index in [1.165, 1.54) is 18.9 Å². The van der Waals surface area contributed by atoms with Gasteiger partial charge in [0.05, 0.1) is 9.50 Å². The molecule has 1 aliphatic rings. The van der Waals surface area contributed by atoms with Gasteiger partial charge in [0.2, 0.25) is 0 Å². The Bertz CT molecular complexity index is 741. The van der Waals surface area contributed by atoms with Gasteiger partial charge >= 0.3 is 0 Å². The third-order valence-electron chi connectivity index (χ3n) is 3.85. The van der Waals surface area contributed by atoms with Gasteiger partial charge in [-0.1, -0.05) is 36.7 Å². The highest BCUT2D eigenvalue weighted by Crippen LogP contribution is 2.37. The normalized spacial score (nSPS) is 15.6. The third-order valence-corrected chi connectivity index (χ3v) is 5.50. The van der Waals surface area contributed by atoms with Crippen LogP contribution in [0.15, 0.2) is 22.7 Å². The van der Waals surface area contributed by atoms with E-state index in [4.69, 9.17) is 23.8 Å². The predicted molar refractivity (Wildman–Crippen MR) is 88.7 cm³/mol. The lowest BCUT2D eigenvalue weighted by Gasteiger charge is -2.14. The molecular weight excluding hydrogens is 375 g/mol. The molecule has 1 aromatic heterocycles. The van der Waals surface area contributed by atoms with Crippen molar-refractivity contribution in [1.29, 1.82) is 0 Å². The fraction of sp³-hybridized carbons (Fsp3) is 0.333. The first kappa shape index (κ1) is 15.1. The summed E-state index contributed by atoms with van der Waals surface area (Å²) in [7, 11) is 0. The van der Waals surface area contributed by atoms with Gasteiger partial charge in [0.25, 0.3) is 0 Å². The molecule has 1 aliphatic carbocycles. The molecule has 0 aliphatic heterocycles. The van der Waals surface area contributed by atoms with Crippen LogP contribution < -0.4 is 0 Å². The largest absolute Gasteiger partial charge is 0.342 e. The minimum absolute atomic E-state index is 0.0824. The Morgan fingerprint density at radius 2 is 2.05 bits per heavy atom. The molecule has 6 heteroatoms. The van der Waals surface area contributed by atoms with Crippen LogP contribution in [-0.4, -0.2) is 9.97 Å². The van der Waals surface area contributed by atoms with Crippen molar-refractivity contribution in [1.82, 2.24) is 9.97 Å². The zero-order valence-corrected chi connectivity index (χ0v) is 14.3. The van der Waals surface area contributed by atoms with Gasteiger partial charge < -0.3 is 4.98 Å². The van der Waals surface area contributed by atoms with Crippen LogP contribution in [-0.2, 0) is 0 Å². The standard InChI is InChI=1S/C15H13BrClFN2S/c16-12-13(8-3-1-2-4-8)19-14(20-15(12)21)9-5-6-11(18)10(17)7-9/h5-8H,1-4H2,(H,19,20,21). The molecule has 1 heterocycles. The summed E-state index contributed by atoms with van der Waals surface area (Å²) in [5.74, 6) is 0.665. The summed E-state index contributed by atoms with van der Waals surface area (Å²) >= 11 is 14.7. The van der Waals surface area contributed by atoms with E-state index in [1.54, 1.807) is 12.1 Å². The Kier molecular flexibility index (Phi) is 4.43. The number of nitrogens with zero attached hydrogens (tertiary/aromatic N) is 1. The van der Waals surface area contributed by atoms with Crippen LogP contribution in [0.5, 0.6) is 0 Å². The molecule has 0 amide bonds. The summed E-state index contributed by atoms with van der Waals surface area (Å²) in [5.41, 5.74) is 1.82. The number of halogens is 3. The summed E-state index contributed by atoms with van der Waals surface area (Å²) in [6.07, 6.45) is 4.77. The van der Waals surface area contributed by atoms with Crippen LogP contribution in [0.25, 0.3) is 11.4 Å².